The van der Waals surface area contributed by atoms with Crippen molar-refractivity contribution in [2.75, 3.05) is 0 Å². The van der Waals surface area contributed by atoms with Crippen molar-refractivity contribution in [3.63, 3.8) is 0 Å². The van der Waals surface area contributed by atoms with E-state index in [2.05, 4.69) is 60.7 Å². The lowest BCUT2D eigenvalue weighted by Gasteiger charge is -2.36. The summed E-state index contributed by atoms with van der Waals surface area (Å²) < 4.78 is 0. The van der Waals surface area contributed by atoms with Crippen molar-refractivity contribution < 1.29 is 0 Å². The predicted octanol–water partition coefficient (Wildman–Crippen LogP) is 6.60. The average molecular weight is 350 g/mol. The molecular weight excluding hydrogens is 314 g/mol. The molecule has 1 saturated carbocycles. The van der Waals surface area contributed by atoms with Crippen molar-refractivity contribution in [3.8, 4) is 0 Å². The van der Waals surface area contributed by atoms with E-state index in [1.54, 1.807) is 0 Å². The first-order chi connectivity index (χ1) is 12.8. The van der Waals surface area contributed by atoms with Gasteiger partial charge in [-0.3, -0.25) is 0 Å². The normalized spacial score (nSPS) is 22.6. The smallest absolute Gasteiger partial charge is 0.0203 e. The van der Waals surface area contributed by atoms with Crippen LogP contribution in [-0.4, -0.2) is 6.04 Å². The zero-order chi connectivity index (χ0) is 18.1. The van der Waals surface area contributed by atoms with Crippen molar-refractivity contribution in [1.82, 2.24) is 0 Å². The Morgan fingerprint density at radius 3 is 1.65 bits per heavy atom. The topological polar surface area (TPSA) is 26.0 Å². The molecule has 140 valence electrons. The van der Waals surface area contributed by atoms with Gasteiger partial charge in [0.05, 0.1) is 0 Å². The fourth-order valence-electron chi connectivity index (χ4n) is 4.68. The Hall–Kier alpha value is -1.60. The number of hydrogen-bond donors (Lipinski definition) is 1. The van der Waals surface area contributed by atoms with Crippen LogP contribution in [0.5, 0.6) is 0 Å². The van der Waals surface area contributed by atoms with E-state index in [-0.39, 0.29) is 5.41 Å². The Bertz CT molecular complexity index is 580. The predicted molar refractivity (Wildman–Crippen MR) is 112 cm³/mol. The molecule has 2 aromatic rings. The van der Waals surface area contributed by atoms with Crippen LogP contribution in [0.4, 0.5) is 0 Å². The van der Waals surface area contributed by atoms with Crippen LogP contribution in [0.25, 0.3) is 0 Å². The van der Waals surface area contributed by atoms with Gasteiger partial charge in [0.1, 0.15) is 0 Å². The Balaban J connectivity index is 1.94. The van der Waals surface area contributed by atoms with Crippen molar-refractivity contribution in [1.29, 1.82) is 0 Å². The van der Waals surface area contributed by atoms with E-state index in [0.717, 1.165) is 12.8 Å². The van der Waals surface area contributed by atoms with Crippen LogP contribution >= 0.6 is 0 Å². The highest BCUT2D eigenvalue weighted by Gasteiger charge is 2.33. The van der Waals surface area contributed by atoms with Crippen LogP contribution in [0, 0.1) is 0 Å². The first kappa shape index (κ1) is 19.2. The van der Waals surface area contributed by atoms with Crippen molar-refractivity contribution in [2.45, 2.75) is 82.1 Å². The van der Waals surface area contributed by atoms with Gasteiger partial charge in [-0.1, -0.05) is 106 Å². The molecule has 2 aromatic carbocycles. The molecule has 0 saturated heterocycles. The van der Waals surface area contributed by atoms with Gasteiger partial charge in [-0.2, -0.15) is 0 Å². The van der Waals surface area contributed by atoms with Crippen LogP contribution in [0.3, 0.4) is 0 Å². The Labute approximate surface area is 160 Å². The lowest BCUT2D eigenvalue weighted by atomic mass is 9.67. The second kappa shape index (κ2) is 9.92. The van der Waals surface area contributed by atoms with E-state index in [1.807, 2.05) is 0 Å². The molecule has 1 fully saturated rings. The first-order valence-electron chi connectivity index (χ1n) is 10.7. The highest BCUT2D eigenvalue weighted by Crippen LogP contribution is 2.42. The molecule has 3 rings (SSSR count). The van der Waals surface area contributed by atoms with Crippen molar-refractivity contribution >= 4 is 0 Å². The van der Waals surface area contributed by atoms with Crippen LogP contribution in [0.15, 0.2) is 60.7 Å². The summed E-state index contributed by atoms with van der Waals surface area (Å²) in [4.78, 5) is 0. The molecule has 1 nitrogen and oxygen atoms in total. The summed E-state index contributed by atoms with van der Waals surface area (Å²) in [7, 11) is 0. The van der Waals surface area contributed by atoms with Gasteiger partial charge in [-0.25, -0.2) is 0 Å². The molecule has 0 aromatic heterocycles. The van der Waals surface area contributed by atoms with Gasteiger partial charge in [0.15, 0.2) is 0 Å². The molecule has 0 spiro atoms. The second-order valence-corrected chi connectivity index (χ2v) is 8.13. The molecule has 2 N–H and O–H groups in total. The molecule has 0 radical (unpaired) electrons. The van der Waals surface area contributed by atoms with Gasteiger partial charge in [-0.15, -0.1) is 0 Å². The van der Waals surface area contributed by atoms with E-state index in [9.17, 15) is 0 Å². The van der Waals surface area contributed by atoms with E-state index >= 15 is 0 Å². The van der Waals surface area contributed by atoms with Gasteiger partial charge >= 0.3 is 0 Å². The molecule has 0 bridgehead atoms. The van der Waals surface area contributed by atoms with Crippen LogP contribution in [0.2, 0.25) is 0 Å². The second-order valence-electron chi connectivity index (χ2n) is 8.13. The minimum atomic E-state index is 0.105. The molecule has 1 atom stereocenters. The Morgan fingerprint density at radius 2 is 1.08 bits per heavy atom. The molecule has 0 amide bonds. The highest BCUT2D eigenvalue weighted by molar-refractivity contribution is 5.39. The zero-order valence-corrected chi connectivity index (χ0v) is 16.2. The third kappa shape index (κ3) is 4.98. The minimum absolute atomic E-state index is 0.105. The van der Waals surface area contributed by atoms with E-state index in [1.165, 1.54) is 68.9 Å². The average Bonchev–Trinajstić information content (AvgIpc) is 2.72. The zero-order valence-electron chi connectivity index (χ0n) is 16.2. The largest absolute Gasteiger partial charge is 0.328 e. The van der Waals surface area contributed by atoms with E-state index in [4.69, 9.17) is 5.73 Å². The molecule has 1 heteroatoms. The van der Waals surface area contributed by atoms with Crippen molar-refractivity contribution in [3.05, 3.63) is 71.8 Å². The fourth-order valence-corrected chi connectivity index (χ4v) is 4.68. The molecule has 26 heavy (non-hydrogen) atoms. The maximum atomic E-state index is 6.53. The van der Waals surface area contributed by atoms with Crippen molar-refractivity contribution in [2.24, 2.45) is 5.73 Å². The Morgan fingerprint density at radius 1 is 0.577 bits per heavy atom. The summed E-state index contributed by atoms with van der Waals surface area (Å²) in [5, 5.41) is 0. The summed E-state index contributed by atoms with van der Waals surface area (Å²) in [5.41, 5.74) is 9.57. The third-order valence-corrected chi connectivity index (χ3v) is 6.27. The number of nitrogens with two attached hydrogens (primary N) is 1. The summed E-state index contributed by atoms with van der Waals surface area (Å²) >= 11 is 0. The summed E-state index contributed by atoms with van der Waals surface area (Å²) in [5.74, 6) is 0. The number of benzene rings is 2. The lowest BCUT2D eigenvalue weighted by molar-refractivity contribution is 0.379. The summed E-state index contributed by atoms with van der Waals surface area (Å²) in [6.45, 7) is 0. The molecule has 0 aliphatic heterocycles. The third-order valence-electron chi connectivity index (χ3n) is 6.27. The number of rotatable bonds is 2. The Kier molecular flexibility index (Phi) is 7.32. The summed E-state index contributed by atoms with van der Waals surface area (Å²) in [6.07, 6.45) is 14.1. The standard InChI is InChI=1S/C25H35N/c26-24-18-12-4-2-1-3-5-13-20-25(21-19-24,22-14-8-6-9-15-22)23-16-10-7-11-17-23/h6-11,14-17,24H,1-5,12-13,18-21,26H2. The van der Waals surface area contributed by atoms with Gasteiger partial charge in [0, 0.05) is 11.5 Å². The quantitative estimate of drug-likeness (QED) is 0.649. The van der Waals surface area contributed by atoms with E-state index < -0.39 is 0 Å². The van der Waals surface area contributed by atoms with Crippen LogP contribution in [-0.2, 0) is 5.41 Å². The maximum Gasteiger partial charge on any atom is 0.0203 e. The van der Waals surface area contributed by atoms with Crippen LogP contribution < -0.4 is 5.73 Å². The SMILES string of the molecule is NC1CCCCCCCCCC(c2ccccc2)(c2ccccc2)CC1. The minimum Gasteiger partial charge on any atom is -0.328 e. The van der Waals surface area contributed by atoms with Gasteiger partial charge in [0.2, 0.25) is 0 Å². The van der Waals surface area contributed by atoms with Gasteiger partial charge < -0.3 is 5.73 Å². The fraction of sp³-hybridized carbons (Fsp3) is 0.520. The maximum absolute atomic E-state index is 6.53. The summed E-state index contributed by atoms with van der Waals surface area (Å²) in [6, 6.07) is 22.7. The number of hydrogen-bond acceptors (Lipinski definition) is 1. The monoisotopic (exact) mass is 349 g/mol. The van der Waals surface area contributed by atoms with E-state index in [0.29, 0.717) is 6.04 Å². The molecule has 1 aliphatic rings. The molecule has 0 heterocycles. The first-order valence-corrected chi connectivity index (χ1v) is 10.7. The molecule has 1 unspecified atom stereocenters. The molecular formula is C25H35N. The van der Waals surface area contributed by atoms with Gasteiger partial charge in [-0.05, 0) is 36.8 Å². The van der Waals surface area contributed by atoms with Crippen LogP contribution in [0.1, 0.15) is 81.8 Å². The van der Waals surface area contributed by atoms with Gasteiger partial charge in [0.25, 0.3) is 0 Å². The lowest BCUT2D eigenvalue weighted by Crippen LogP contribution is -2.31. The highest BCUT2D eigenvalue weighted by atomic mass is 14.6. The molecule has 1 aliphatic carbocycles.